The number of piperidine rings is 1. The van der Waals surface area contributed by atoms with Crippen molar-refractivity contribution >= 4 is 22.9 Å². The molecule has 8 nitrogen and oxygen atoms in total. The van der Waals surface area contributed by atoms with E-state index in [1.165, 1.54) is 12.4 Å². The molecule has 1 aliphatic rings. The molecule has 0 amide bonds. The van der Waals surface area contributed by atoms with E-state index in [9.17, 15) is 9.59 Å². The van der Waals surface area contributed by atoms with Crippen LogP contribution in [-0.4, -0.2) is 42.2 Å². The first-order valence-corrected chi connectivity index (χ1v) is 12.1. The lowest BCUT2D eigenvalue weighted by Crippen LogP contribution is -2.36. The lowest BCUT2D eigenvalue weighted by molar-refractivity contribution is 0.0525. The summed E-state index contributed by atoms with van der Waals surface area (Å²) in [6, 6.07) is 16.8. The summed E-state index contributed by atoms with van der Waals surface area (Å²) >= 11 is 0. The van der Waals surface area contributed by atoms with Gasteiger partial charge in [0, 0.05) is 31.0 Å². The highest BCUT2D eigenvalue weighted by atomic mass is 16.5. The lowest BCUT2D eigenvalue weighted by Gasteiger charge is -2.31. The van der Waals surface area contributed by atoms with E-state index in [1.807, 2.05) is 42.5 Å². The van der Waals surface area contributed by atoms with Gasteiger partial charge in [-0.3, -0.25) is 4.79 Å². The number of carbonyl (C=O) groups is 1. The Morgan fingerprint density at radius 3 is 2.44 bits per heavy atom. The van der Waals surface area contributed by atoms with Gasteiger partial charge in [0.2, 0.25) is 17.1 Å². The molecule has 1 aliphatic heterocycles. The van der Waals surface area contributed by atoms with Crippen molar-refractivity contribution in [3.8, 4) is 17.1 Å². The Bertz CT molecular complexity index is 1390. The molecule has 0 unspecified atom stereocenters. The van der Waals surface area contributed by atoms with Gasteiger partial charge < -0.3 is 18.8 Å². The quantitative estimate of drug-likeness (QED) is 0.347. The smallest absolute Gasteiger partial charge is 0.341 e. The van der Waals surface area contributed by atoms with Gasteiger partial charge in [-0.25, -0.2) is 14.8 Å². The first-order chi connectivity index (χ1) is 17.6. The fraction of sp³-hybridized carbons (Fsp3) is 0.286. The highest BCUT2D eigenvalue weighted by Crippen LogP contribution is 2.31. The molecule has 2 aromatic heterocycles. The maximum Gasteiger partial charge on any atom is 0.341 e. The van der Waals surface area contributed by atoms with Crippen LogP contribution in [0.2, 0.25) is 0 Å². The molecule has 8 heteroatoms. The SMILES string of the molecule is CCOC(=O)c1cnc(N2CCC(COc3c(-c4ccccc4)oc4ccccc4c3=O)CC2)nc1. The molecular formula is C28H27N3O5. The summed E-state index contributed by atoms with van der Waals surface area (Å²) < 4.78 is 17.3. The summed E-state index contributed by atoms with van der Waals surface area (Å²) in [5, 5.41) is 0.505. The van der Waals surface area contributed by atoms with Gasteiger partial charge >= 0.3 is 5.97 Å². The van der Waals surface area contributed by atoms with Gasteiger partial charge in [0.05, 0.1) is 24.2 Å². The van der Waals surface area contributed by atoms with Crippen LogP contribution in [0.15, 0.2) is 76.2 Å². The first kappa shape index (κ1) is 23.5. The Balaban J connectivity index is 1.27. The zero-order chi connectivity index (χ0) is 24.9. The van der Waals surface area contributed by atoms with Crippen molar-refractivity contribution < 1.29 is 18.7 Å². The Morgan fingerprint density at radius 2 is 1.72 bits per heavy atom. The number of para-hydroxylation sites is 1. The molecule has 0 saturated carbocycles. The predicted octanol–water partition coefficient (Wildman–Crippen LogP) is 4.72. The maximum atomic E-state index is 13.3. The van der Waals surface area contributed by atoms with Crippen molar-refractivity contribution in [2.24, 2.45) is 5.92 Å². The molecule has 0 bridgehead atoms. The molecular weight excluding hydrogens is 458 g/mol. The molecule has 4 aromatic rings. The third kappa shape index (κ3) is 4.93. The van der Waals surface area contributed by atoms with Crippen molar-refractivity contribution in [3.63, 3.8) is 0 Å². The lowest BCUT2D eigenvalue weighted by atomic mass is 9.98. The van der Waals surface area contributed by atoms with E-state index in [1.54, 1.807) is 19.1 Å². The fourth-order valence-electron chi connectivity index (χ4n) is 4.34. The van der Waals surface area contributed by atoms with Crippen molar-refractivity contribution in [2.75, 3.05) is 31.2 Å². The number of esters is 1. The minimum atomic E-state index is -0.423. The largest absolute Gasteiger partial charge is 0.486 e. The summed E-state index contributed by atoms with van der Waals surface area (Å²) in [5.41, 5.74) is 1.51. The number of benzene rings is 2. The molecule has 0 radical (unpaired) electrons. The van der Waals surface area contributed by atoms with Crippen molar-refractivity contribution in [1.29, 1.82) is 0 Å². The molecule has 0 N–H and O–H groups in total. The Labute approximate surface area is 208 Å². The Kier molecular flexibility index (Phi) is 6.93. The van der Waals surface area contributed by atoms with Crippen LogP contribution >= 0.6 is 0 Å². The Morgan fingerprint density at radius 1 is 1.03 bits per heavy atom. The van der Waals surface area contributed by atoms with Gasteiger partial charge in [-0.15, -0.1) is 0 Å². The summed E-state index contributed by atoms with van der Waals surface area (Å²) in [4.78, 5) is 35.9. The van der Waals surface area contributed by atoms with E-state index in [2.05, 4.69) is 14.9 Å². The molecule has 0 aliphatic carbocycles. The number of fused-ring (bicyclic) bond motifs is 1. The fourth-order valence-corrected chi connectivity index (χ4v) is 4.34. The second-order valence-electron chi connectivity index (χ2n) is 8.69. The van der Waals surface area contributed by atoms with Crippen LogP contribution < -0.4 is 15.1 Å². The topological polar surface area (TPSA) is 94.8 Å². The standard InChI is InChI=1S/C28H27N3O5/c1-2-34-27(33)21-16-29-28(30-17-21)31-14-12-19(13-15-31)18-35-26-24(32)22-10-6-7-11-23(22)36-25(26)20-8-4-3-5-9-20/h3-11,16-17,19H,2,12-15,18H2,1H3. The van der Waals surface area contributed by atoms with E-state index in [0.29, 0.717) is 41.5 Å². The summed E-state index contributed by atoms with van der Waals surface area (Å²) in [6.07, 6.45) is 4.73. The number of carbonyl (C=O) groups excluding carboxylic acids is 1. The number of ether oxygens (including phenoxy) is 2. The monoisotopic (exact) mass is 485 g/mol. The molecule has 5 rings (SSSR count). The number of rotatable bonds is 7. The average molecular weight is 486 g/mol. The zero-order valence-corrected chi connectivity index (χ0v) is 20.1. The molecule has 1 fully saturated rings. The van der Waals surface area contributed by atoms with Gasteiger partial charge in [-0.1, -0.05) is 42.5 Å². The minimum Gasteiger partial charge on any atom is -0.486 e. The molecule has 0 atom stereocenters. The van der Waals surface area contributed by atoms with E-state index in [4.69, 9.17) is 13.9 Å². The predicted molar refractivity (Wildman–Crippen MR) is 136 cm³/mol. The van der Waals surface area contributed by atoms with Crippen LogP contribution in [0.5, 0.6) is 5.75 Å². The first-order valence-electron chi connectivity index (χ1n) is 12.1. The molecule has 1 saturated heterocycles. The summed E-state index contributed by atoms with van der Waals surface area (Å²) in [7, 11) is 0. The van der Waals surface area contributed by atoms with Gasteiger partial charge in [-0.2, -0.15) is 0 Å². The second kappa shape index (κ2) is 10.6. The van der Waals surface area contributed by atoms with Crippen molar-refractivity contribution in [2.45, 2.75) is 19.8 Å². The van der Waals surface area contributed by atoms with E-state index in [-0.39, 0.29) is 17.1 Å². The van der Waals surface area contributed by atoms with Gasteiger partial charge in [0.15, 0.2) is 5.76 Å². The maximum absolute atomic E-state index is 13.3. The van der Waals surface area contributed by atoms with Crippen LogP contribution in [0.25, 0.3) is 22.3 Å². The normalized spacial score (nSPS) is 14.1. The van der Waals surface area contributed by atoms with Crippen LogP contribution in [0.3, 0.4) is 0 Å². The van der Waals surface area contributed by atoms with Gasteiger partial charge in [0.25, 0.3) is 0 Å². The number of aromatic nitrogens is 2. The third-order valence-corrected chi connectivity index (χ3v) is 6.30. The highest BCUT2D eigenvalue weighted by Gasteiger charge is 2.24. The van der Waals surface area contributed by atoms with Crippen LogP contribution in [0.1, 0.15) is 30.1 Å². The second-order valence-corrected chi connectivity index (χ2v) is 8.69. The van der Waals surface area contributed by atoms with Gasteiger partial charge in [0.1, 0.15) is 5.58 Å². The molecule has 2 aromatic carbocycles. The number of anilines is 1. The average Bonchev–Trinajstić information content (AvgIpc) is 2.93. The van der Waals surface area contributed by atoms with Crippen molar-refractivity contribution in [1.82, 2.24) is 9.97 Å². The molecule has 184 valence electrons. The van der Waals surface area contributed by atoms with Crippen molar-refractivity contribution in [3.05, 3.63) is 82.8 Å². The third-order valence-electron chi connectivity index (χ3n) is 6.30. The summed E-state index contributed by atoms with van der Waals surface area (Å²) in [5.74, 6) is 1.14. The number of hydrogen-bond donors (Lipinski definition) is 0. The van der Waals surface area contributed by atoms with E-state index >= 15 is 0 Å². The number of hydrogen-bond acceptors (Lipinski definition) is 8. The van der Waals surface area contributed by atoms with Crippen LogP contribution in [0, 0.1) is 5.92 Å². The molecule has 3 heterocycles. The summed E-state index contributed by atoms with van der Waals surface area (Å²) in [6.45, 7) is 4.00. The number of nitrogens with zero attached hydrogens (tertiary/aromatic N) is 3. The van der Waals surface area contributed by atoms with E-state index < -0.39 is 5.97 Å². The molecule has 36 heavy (non-hydrogen) atoms. The molecule has 0 spiro atoms. The van der Waals surface area contributed by atoms with Crippen LogP contribution in [-0.2, 0) is 4.74 Å². The minimum absolute atomic E-state index is 0.164. The van der Waals surface area contributed by atoms with E-state index in [0.717, 1.165) is 31.5 Å². The zero-order valence-electron chi connectivity index (χ0n) is 20.1. The van der Waals surface area contributed by atoms with Gasteiger partial charge in [-0.05, 0) is 37.8 Å². The Hall–Kier alpha value is -4.20. The highest BCUT2D eigenvalue weighted by molar-refractivity contribution is 5.88. The van der Waals surface area contributed by atoms with Crippen LogP contribution in [0.4, 0.5) is 5.95 Å².